The third kappa shape index (κ3) is 3.32. The molecule has 0 saturated heterocycles. The molecule has 0 unspecified atom stereocenters. The highest BCUT2D eigenvalue weighted by molar-refractivity contribution is 6.50. The lowest BCUT2D eigenvalue weighted by Gasteiger charge is -2.04. The molecule has 0 amide bonds. The second-order valence-electron chi connectivity index (χ2n) is 4.98. The minimum atomic E-state index is -1.26. The summed E-state index contributed by atoms with van der Waals surface area (Å²) in [5.74, 6) is -1.06. The maximum absolute atomic E-state index is 12.1. The highest BCUT2D eigenvalue weighted by Crippen LogP contribution is 2.21. The summed E-state index contributed by atoms with van der Waals surface area (Å²) >= 11 is 12.1. The molecule has 24 heavy (non-hydrogen) atoms. The maximum Gasteiger partial charge on any atom is 0.259 e. The fraction of sp³-hybridized carbons (Fsp3) is 0. The van der Waals surface area contributed by atoms with Gasteiger partial charge >= 0.3 is 0 Å². The fourth-order valence-electron chi connectivity index (χ4n) is 2.16. The molecule has 0 aliphatic rings. The number of carbonyl (C=O) groups excluding carboxylic acids is 1. The first-order valence-electron chi connectivity index (χ1n) is 6.82. The van der Waals surface area contributed by atoms with E-state index in [4.69, 9.17) is 23.2 Å². The van der Waals surface area contributed by atoms with Gasteiger partial charge in [-0.25, -0.2) is 4.98 Å². The molecule has 1 heterocycles. The van der Waals surface area contributed by atoms with Crippen LogP contribution in [0.5, 0.6) is 0 Å². The second-order valence-corrected chi connectivity index (χ2v) is 5.82. The zero-order chi connectivity index (χ0) is 17.3. The Balaban J connectivity index is 2.02. The van der Waals surface area contributed by atoms with Crippen LogP contribution in [0.2, 0.25) is 5.02 Å². The Morgan fingerprint density at radius 3 is 2.54 bits per heavy atom. The van der Waals surface area contributed by atoms with Crippen molar-refractivity contribution in [3.63, 3.8) is 0 Å². The van der Waals surface area contributed by atoms with E-state index < -0.39 is 5.97 Å². The van der Waals surface area contributed by atoms with Crippen molar-refractivity contribution in [2.24, 2.45) is 0 Å². The van der Waals surface area contributed by atoms with Crippen molar-refractivity contribution >= 4 is 51.2 Å². The molecule has 0 aliphatic carbocycles. The Morgan fingerprint density at radius 2 is 1.88 bits per heavy atom. The first-order valence-corrected chi connectivity index (χ1v) is 7.58. The molecule has 5 nitrogen and oxygen atoms in total. The third-order valence-electron chi connectivity index (χ3n) is 3.33. The van der Waals surface area contributed by atoms with Crippen molar-refractivity contribution in [3.8, 4) is 0 Å². The summed E-state index contributed by atoms with van der Waals surface area (Å²) in [6.45, 7) is 0. The van der Waals surface area contributed by atoms with Gasteiger partial charge in [-0.1, -0.05) is 47.5 Å². The number of carboxylic acid groups (broad SMARTS) is 1. The number of nitrogens with one attached hydrogen (secondary N) is 1. The maximum atomic E-state index is 12.1. The smallest absolute Gasteiger partial charge is 0.259 e. The van der Waals surface area contributed by atoms with Crippen molar-refractivity contribution in [1.29, 1.82) is 0 Å². The van der Waals surface area contributed by atoms with Crippen molar-refractivity contribution < 1.29 is 9.90 Å². The highest BCUT2D eigenvalue weighted by atomic mass is 35.5. The fourth-order valence-corrected chi connectivity index (χ4v) is 2.54. The lowest BCUT2D eigenvalue weighted by molar-refractivity contribution is -0.255. The van der Waals surface area contributed by atoms with E-state index in [1.54, 1.807) is 36.4 Å². The molecule has 1 aromatic heterocycles. The highest BCUT2D eigenvalue weighted by Gasteiger charge is 2.07. The Morgan fingerprint density at radius 1 is 1.17 bits per heavy atom. The van der Waals surface area contributed by atoms with Crippen LogP contribution in [0.25, 0.3) is 22.0 Å². The molecule has 0 aliphatic heterocycles. The number of aromatic amines is 1. The first-order chi connectivity index (χ1) is 11.4. The summed E-state index contributed by atoms with van der Waals surface area (Å²) in [5.41, 5.74) is 0.819. The molecule has 1 N–H and O–H groups in total. The quantitative estimate of drug-likeness (QED) is 0.778. The predicted octanol–water partition coefficient (Wildman–Crippen LogP) is 2.68. The standard InChI is InChI=1S/C17H10Cl2N2O3/c18-11-5-6-12-14(8-11)20-15(21-16(12)22)13(19)7-9-1-3-10(4-2-9)17(23)24/h1-8H,(H,23,24)(H,20,21,22)/p-1/b13-7-. The SMILES string of the molecule is O=C([O-])c1ccc(/C=C(\Cl)c2nc3cc(Cl)ccc3c(=O)[nH]2)cc1. The van der Waals surface area contributed by atoms with E-state index in [1.807, 2.05) is 0 Å². The topological polar surface area (TPSA) is 85.9 Å². The summed E-state index contributed by atoms with van der Waals surface area (Å²) in [7, 11) is 0. The number of fused-ring (bicyclic) bond motifs is 1. The molecule has 0 spiro atoms. The van der Waals surface area contributed by atoms with E-state index in [2.05, 4.69) is 9.97 Å². The van der Waals surface area contributed by atoms with Crippen LogP contribution >= 0.6 is 23.2 Å². The number of hydrogen-bond donors (Lipinski definition) is 1. The molecule has 0 bridgehead atoms. The summed E-state index contributed by atoms with van der Waals surface area (Å²) in [6.07, 6.45) is 1.56. The number of aromatic carboxylic acids is 1. The van der Waals surface area contributed by atoms with Gasteiger partial charge < -0.3 is 14.9 Å². The Labute approximate surface area is 146 Å². The Hall–Kier alpha value is -2.63. The van der Waals surface area contributed by atoms with Gasteiger partial charge in [-0.15, -0.1) is 0 Å². The Kier molecular flexibility index (Phi) is 4.38. The molecule has 0 atom stereocenters. The Bertz CT molecular complexity index is 1020. The van der Waals surface area contributed by atoms with Crippen LogP contribution in [0, 0.1) is 0 Å². The lowest BCUT2D eigenvalue weighted by atomic mass is 10.1. The van der Waals surface area contributed by atoms with Crippen LogP contribution in [0.4, 0.5) is 0 Å². The van der Waals surface area contributed by atoms with E-state index in [1.165, 1.54) is 12.1 Å². The summed E-state index contributed by atoms with van der Waals surface area (Å²) in [6, 6.07) is 10.7. The van der Waals surface area contributed by atoms with E-state index >= 15 is 0 Å². The number of aromatic nitrogens is 2. The van der Waals surface area contributed by atoms with Gasteiger partial charge in [0.25, 0.3) is 5.56 Å². The summed E-state index contributed by atoms with van der Waals surface area (Å²) in [5, 5.41) is 11.8. The minimum Gasteiger partial charge on any atom is -0.545 e. The van der Waals surface area contributed by atoms with Crippen LogP contribution in [0.3, 0.4) is 0 Å². The molecule has 0 radical (unpaired) electrons. The van der Waals surface area contributed by atoms with Gasteiger partial charge in [-0.05, 0) is 35.4 Å². The molecule has 7 heteroatoms. The van der Waals surface area contributed by atoms with Gasteiger partial charge in [-0.3, -0.25) is 4.79 Å². The van der Waals surface area contributed by atoms with Crippen LogP contribution in [0.15, 0.2) is 47.3 Å². The lowest BCUT2D eigenvalue weighted by Crippen LogP contribution is -2.21. The molecule has 120 valence electrons. The van der Waals surface area contributed by atoms with Crippen LogP contribution < -0.4 is 10.7 Å². The number of hydrogen-bond acceptors (Lipinski definition) is 4. The van der Waals surface area contributed by atoms with Crippen LogP contribution in [-0.4, -0.2) is 15.9 Å². The number of carboxylic acids is 1. The molecule has 3 rings (SSSR count). The number of halogens is 2. The van der Waals surface area contributed by atoms with E-state index in [0.717, 1.165) is 0 Å². The summed E-state index contributed by atoms with van der Waals surface area (Å²) < 4.78 is 0. The van der Waals surface area contributed by atoms with Gasteiger partial charge in [0.05, 0.1) is 21.9 Å². The van der Waals surface area contributed by atoms with Gasteiger partial charge in [0.2, 0.25) is 0 Å². The largest absolute Gasteiger partial charge is 0.545 e. The number of benzene rings is 2. The average Bonchev–Trinajstić information content (AvgIpc) is 2.54. The van der Waals surface area contributed by atoms with Crippen molar-refractivity contribution in [3.05, 3.63) is 74.8 Å². The molecular weight excluding hydrogens is 351 g/mol. The zero-order valence-electron chi connectivity index (χ0n) is 12.0. The summed E-state index contributed by atoms with van der Waals surface area (Å²) in [4.78, 5) is 29.7. The van der Waals surface area contributed by atoms with Crippen molar-refractivity contribution in [1.82, 2.24) is 9.97 Å². The van der Waals surface area contributed by atoms with Crippen molar-refractivity contribution in [2.45, 2.75) is 0 Å². The minimum absolute atomic E-state index is 0.0650. The van der Waals surface area contributed by atoms with Crippen molar-refractivity contribution in [2.75, 3.05) is 0 Å². The van der Waals surface area contributed by atoms with Crippen LogP contribution in [0.1, 0.15) is 21.7 Å². The van der Waals surface area contributed by atoms with E-state index in [0.29, 0.717) is 21.5 Å². The first kappa shape index (κ1) is 16.2. The van der Waals surface area contributed by atoms with Gasteiger partial charge in [0, 0.05) is 5.02 Å². The molecular formula is C17H9Cl2N2O3-. The number of H-pyrrole nitrogens is 1. The van der Waals surface area contributed by atoms with Gasteiger partial charge in [0.15, 0.2) is 5.82 Å². The van der Waals surface area contributed by atoms with Gasteiger partial charge in [0.1, 0.15) is 0 Å². The average molecular weight is 360 g/mol. The van der Waals surface area contributed by atoms with Gasteiger partial charge in [-0.2, -0.15) is 0 Å². The second kappa shape index (κ2) is 6.47. The predicted molar refractivity (Wildman–Crippen MR) is 91.9 cm³/mol. The molecule has 2 aromatic carbocycles. The number of nitrogens with zero attached hydrogens (tertiary/aromatic N) is 1. The monoisotopic (exact) mass is 359 g/mol. The molecule has 0 saturated carbocycles. The normalized spacial score (nSPS) is 11.7. The number of rotatable bonds is 3. The van der Waals surface area contributed by atoms with Crippen LogP contribution in [-0.2, 0) is 0 Å². The zero-order valence-corrected chi connectivity index (χ0v) is 13.6. The molecule has 0 fully saturated rings. The van der Waals surface area contributed by atoms with E-state index in [9.17, 15) is 14.7 Å². The molecule has 3 aromatic rings. The third-order valence-corrected chi connectivity index (χ3v) is 3.86. The van der Waals surface area contributed by atoms with E-state index in [-0.39, 0.29) is 22.0 Å². The number of carbonyl (C=O) groups is 1.